The molecule has 2 aromatic rings. The summed E-state index contributed by atoms with van der Waals surface area (Å²) in [5, 5.41) is 5.40. The molecule has 0 aliphatic heterocycles. The van der Waals surface area contributed by atoms with Gasteiger partial charge in [-0.3, -0.25) is 14.4 Å². The van der Waals surface area contributed by atoms with E-state index in [1.807, 2.05) is 0 Å². The molecule has 0 saturated carbocycles. The maximum absolute atomic E-state index is 13.0. The van der Waals surface area contributed by atoms with E-state index in [-0.39, 0.29) is 18.7 Å². The van der Waals surface area contributed by atoms with E-state index in [0.717, 1.165) is 6.07 Å². The fourth-order valence-electron chi connectivity index (χ4n) is 2.02. The Balaban J connectivity index is 1.58. The molecule has 0 aliphatic carbocycles. The Morgan fingerprint density at radius 1 is 1.04 bits per heavy atom. The van der Waals surface area contributed by atoms with Crippen molar-refractivity contribution in [1.82, 2.24) is 10.6 Å². The van der Waals surface area contributed by atoms with E-state index in [1.54, 1.807) is 24.3 Å². The highest BCUT2D eigenvalue weighted by atomic mass is 35.5. The number of hydrogen-bond donors (Lipinski definition) is 2. The maximum atomic E-state index is 13.0. The van der Waals surface area contributed by atoms with Crippen LogP contribution in [0.2, 0.25) is 5.02 Å². The number of carbonyl (C=O) groups excluding carboxylic acids is 3. The van der Waals surface area contributed by atoms with E-state index >= 15 is 0 Å². The van der Waals surface area contributed by atoms with Crippen molar-refractivity contribution in [3.63, 3.8) is 0 Å². The molecule has 7 nitrogen and oxygen atoms in total. The van der Waals surface area contributed by atoms with Gasteiger partial charge in [-0.2, -0.15) is 0 Å². The van der Waals surface area contributed by atoms with E-state index in [9.17, 15) is 18.8 Å². The number of carbonyl (C=O) groups is 3. The molecular formula is C19H18ClFN2O5. The summed E-state index contributed by atoms with van der Waals surface area (Å²) in [7, 11) is 0. The standard InChI is InChI=1S/C19H18ClFN2O5/c20-14-4-6-16(7-5-14)27-9-8-22-17(24)12-28-18(25)11-23-19(26)13-2-1-3-15(21)10-13/h1-7,10H,8-9,11-12H2,(H,22,24)(H,23,26). The number of rotatable bonds is 9. The first-order chi connectivity index (χ1) is 13.4. The molecule has 2 amide bonds. The monoisotopic (exact) mass is 408 g/mol. The van der Waals surface area contributed by atoms with Crippen LogP contribution in [-0.2, 0) is 14.3 Å². The van der Waals surface area contributed by atoms with Crippen LogP contribution in [0.1, 0.15) is 10.4 Å². The Morgan fingerprint density at radius 3 is 2.50 bits per heavy atom. The predicted octanol–water partition coefficient (Wildman–Crippen LogP) is 1.95. The van der Waals surface area contributed by atoms with Gasteiger partial charge in [0.05, 0.1) is 6.54 Å². The van der Waals surface area contributed by atoms with E-state index < -0.39 is 36.8 Å². The molecule has 0 spiro atoms. The van der Waals surface area contributed by atoms with Crippen molar-refractivity contribution in [2.75, 3.05) is 26.3 Å². The summed E-state index contributed by atoms with van der Waals surface area (Å²) in [6, 6.07) is 11.8. The van der Waals surface area contributed by atoms with Crippen LogP contribution in [0.4, 0.5) is 4.39 Å². The second kappa shape index (κ2) is 10.9. The lowest BCUT2D eigenvalue weighted by Crippen LogP contribution is -2.35. The molecular weight excluding hydrogens is 391 g/mol. The van der Waals surface area contributed by atoms with Crippen molar-refractivity contribution < 1.29 is 28.2 Å². The van der Waals surface area contributed by atoms with Crippen LogP contribution in [0.3, 0.4) is 0 Å². The van der Waals surface area contributed by atoms with Crippen molar-refractivity contribution in [3.8, 4) is 5.75 Å². The van der Waals surface area contributed by atoms with Gasteiger partial charge >= 0.3 is 5.97 Å². The Hall–Kier alpha value is -3.13. The number of hydrogen-bond acceptors (Lipinski definition) is 5. The minimum Gasteiger partial charge on any atom is -0.492 e. The van der Waals surface area contributed by atoms with Crippen LogP contribution < -0.4 is 15.4 Å². The molecule has 0 aliphatic rings. The van der Waals surface area contributed by atoms with Crippen LogP contribution in [0.5, 0.6) is 5.75 Å². The number of ether oxygens (including phenoxy) is 2. The quantitative estimate of drug-likeness (QED) is 0.488. The summed E-state index contributed by atoms with van der Waals surface area (Å²) in [5.41, 5.74) is 0.0752. The SMILES string of the molecule is O=C(COC(=O)CNC(=O)c1cccc(F)c1)NCCOc1ccc(Cl)cc1. The zero-order valence-corrected chi connectivity index (χ0v) is 15.5. The summed E-state index contributed by atoms with van der Waals surface area (Å²) in [6.07, 6.45) is 0. The van der Waals surface area contributed by atoms with E-state index in [1.165, 1.54) is 18.2 Å². The van der Waals surface area contributed by atoms with Gasteiger partial charge in [0, 0.05) is 10.6 Å². The van der Waals surface area contributed by atoms with Gasteiger partial charge in [0.1, 0.15) is 24.7 Å². The van der Waals surface area contributed by atoms with Gasteiger partial charge in [-0.25, -0.2) is 4.39 Å². The van der Waals surface area contributed by atoms with E-state index in [0.29, 0.717) is 10.8 Å². The molecule has 0 bridgehead atoms. The van der Waals surface area contributed by atoms with Gasteiger partial charge in [-0.05, 0) is 42.5 Å². The van der Waals surface area contributed by atoms with Crippen LogP contribution >= 0.6 is 11.6 Å². The average molecular weight is 409 g/mol. The number of amides is 2. The van der Waals surface area contributed by atoms with Crippen LogP contribution in [0, 0.1) is 5.82 Å². The van der Waals surface area contributed by atoms with E-state index in [4.69, 9.17) is 21.1 Å². The van der Waals surface area contributed by atoms with Crippen LogP contribution in [0.15, 0.2) is 48.5 Å². The molecule has 0 saturated heterocycles. The molecule has 9 heteroatoms. The molecule has 0 fully saturated rings. The summed E-state index contributed by atoms with van der Waals surface area (Å²) < 4.78 is 23.2. The summed E-state index contributed by atoms with van der Waals surface area (Å²) in [4.78, 5) is 34.9. The number of esters is 1. The first-order valence-electron chi connectivity index (χ1n) is 8.28. The Bertz CT molecular complexity index is 829. The van der Waals surface area contributed by atoms with Gasteiger partial charge in [0.25, 0.3) is 11.8 Å². The van der Waals surface area contributed by atoms with Gasteiger partial charge in [-0.15, -0.1) is 0 Å². The highest BCUT2D eigenvalue weighted by Gasteiger charge is 2.11. The van der Waals surface area contributed by atoms with Gasteiger partial charge in [0.15, 0.2) is 6.61 Å². The molecule has 148 valence electrons. The fraction of sp³-hybridized carbons (Fsp3) is 0.211. The Labute approximate surface area is 165 Å². The van der Waals surface area contributed by atoms with E-state index in [2.05, 4.69) is 10.6 Å². The highest BCUT2D eigenvalue weighted by molar-refractivity contribution is 6.30. The zero-order valence-electron chi connectivity index (χ0n) is 14.7. The van der Waals surface area contributed by atoms with Crippen molar-refractivity contribution in [3.05, 3.63) is 64.9 Å². The second-order valence-electron chi connectivity index (χ2n) is 5.51. The van der Waals surface area contributed by atoms with Crippen molar-refractivity contribution in [2.24, 2.45) is 0 Å². The number of benzene rings is 2. The lowest BCUT2D eigenvalue weighted by Gasteiger charge is -2.09. The minimum absolute atomic E-state index is 0.0752. The summed E-state index contributed by atoms with van der Waals surface area (Å²) in [5.74, 6) is -1.88. The number of nitrogens with one attached hydrogen (secondary N) is 2. The van der Waals surface area contributed by atoms with Crippen molar-refractivity contribution in [2.45, 2.75) is 0 Å². The number of halogens is 2. The smallest absolute Gasteiger partial charge is 0.325 e. The maximum Gasteiger partial charge on any atom is 0.325 e. The average Bonchev–Trinajstić information content (AvgIpc) is 2.69. The van der Waals surface area contributed by atoms with Gasteiger partial charge in [-0.1, -0.05) is 17.7 Å². The third kappa shape index (κ3) is 7.63. The molecule has 0 aromatic heterocycles. The third-order valence-corrected chi connectivity index (χ3v) is 3.60. The van der Waals surface area contributed by atoms with Crippen LogP contribution in [-0.4, -0.2) is 44.1 Å². The Morgan fingerprint density at radius 2 is 1.79 bits per heavy atom. The second-order valence-corrected chi connectivity index (χ2v) is 5.94. The molecule has 2 rings (SSSR count). The summed E-state index contributed by atoms with van der Waals surface area (Å²) in [6.45, 7) is -0.488. The zero-order chi connectivity index (χ0) is 20.4. The molecule has 2 N–H and O–H groups in total. The van der Waals surface area contributed by atoms with Gasteiger partial charge < -0.3 is 20.1 Å². The predicted molar refractivity (Wildman–Crippen MR) is 99.6 cm³/mol. The first-order valence-corrected chi connectivity index (χ1v) is 8.66. The molecule has 0 radical (unpaired) electrons. The van der Waals surface area contributed by atoms with Crippen molar-refractivity contribution in [1.29, 1.82) is 0 Å². The highest BCUT2D eigenvalue weighted by Crippen LogP contribution is 2.15. The first kappa shape index (κ1) is 21.2. The third-order valence-electron chi connectivity index (χ3n) is 3.35. The lowest BCUT2D eigenvalue weighted by atomic mass is 10.2. The molecule has 0 unspecified atom stereocenters. The fourth-order valence-corrected chi connectivity index (χ4v) is 2.15. The van der Waals surface area contributed by atoms with Gasteiger partial charge in [0.2, 0.25) is 0 Å². The molecule has 2 aromatic carbocycles. The largest absolute Gasteiger partial charge is 0.492 e. The topological polar surface area (TPSA) is 93.7 Å². The molecule has 28 heavy (non-hydrogen) atoms. The summed E-state index contributed by atoms with van der Waals surface area (Å²) >= 11 is 5.76. The van der Waals surface area contributed by atoms with Crippen molar-refractivity contribution >= 4 is 29.4 Å². The minimum atomic E-state index is -0.794. The normalized spacial score (nSPS) is 10.1. The van der Waals surface area contributed by atoms with Crippen LogP contribution in [0.25, 0.3) is 0 Å². The molecule has 0 heterocycles. The Kier molecular flexibility index (Phi) is 8.23. The lowest BCUT2D eigenvalue weighted by molar-refractivity contribution is -0.147. The molecule has 0 atom stereocenters.